The summed E-state index contributed by atoms with van der Waals surface area (Å²) >= 11 is 0. The molecule has 2 N–H and O–H groups in total. The number of carbonyl (C=O) groups excluding carboxylic acids is 1. The molecule has 18 heavy (non-hydrogen) atoms. The Balaban J connectivity index is 2.77. The second-order valence-corrected chi connectivity index (χ2v) is 3.72. The molecule has 0 aliphatic heterocycles. The Morgan fingerprint density at radius 3 is 2.72 bits per heavy atom. The molecule has 0 aliphatic rings. The van der Waals surface area contributed by atoms with Crippen LogP contribution in [0.25, 0.3) is 0 Å². The third kappa shape index (κ3) is 3.55. The third-order valence-corrected chi connectivity index (χ3v) is 2.45. The third-order valence-electron chi connectivity index (χ3n) is 2.45. The van der Waals surface area contributed by atoms with Crippen molar-refractivity contribution in [2.24, 2.45) is 0 Å². The van der Waals surface area contributed by atoms with Crippen LogP contribution in [0.4, 0.5) is 0 Å². The molecule has 0 radical (unpaired) electrons. The second kappa shape index (κ2) is 6.74. The standard InChI is InChI=1S/C13H15NO4/c1-2-18-12(16)7-11(15)13(17)10-6-4-3-5-9(10)8-14/h3-6,11,13,15,17H,2,7H2,1H3. The first kappa shape index (κ1) is 14.2. The first-order valence-corrected chi connectivity index (χ1v) is 5.61. The van der Waals surface area contributed by atoms with Crippen LogP contribution >= 0.6 is 0 Å². The molecule has 0 amide bonds. The van der Waals surface area contributed by atoms with Crippen molar-refractivity contribution in [3.05, 3.63) is 35.4 Å². The van der Waals surface area contributed by atoms with Crippen LogP contribution < -0.4 is 0 Å². The van der Waals surface area contributed by atoms with E-state index in [1.165, 1.54) is 12.1 Å². The molecule has 0 saturated heterocycles. The first-order valence-electron chi connectivity index (χ1n) is 5.61. The molecule has 1 rings (SSSR count). The summed E-state index contributed by atoms with van der Waals surface area (Å²) in [5, 5.41) is 28.5. The first-order chi connectivity index (χ1) is 8.60. The molecule has 1 aromatic rings. The minimum Gasteiger partial charge on any atom is -0.466 e. The van der Waals surface area contributed by atoms with Crippen LogP contribution in [0.1, 0.15) is 30.6 Å². The van der Waals surface area contributed by atoms with E-state index in [-0.39, 0.29) is 18.6 Å². The molecule has 2 atom stereocenters. The van der Waals surface area contributed by atoms with Crippen molar-refractivity contribution in [1.29, 1.82) is 5.26 Å². The lowest BCUT2D eigenvalue weighted by atomic mass is 9.98. The number of aliphatic hydroxyl groups is 2. The maximum atomic E-state index is 11.2. The maximum Gasteiger partial charge on any atom is 0.308 e. The van der Waals surface area contributed by atoms with Gasteiger partial charge in [-0.15, -0.1) is 0 Å². The number of aliphatic hydroxyl groups excluding tert-OH is 2. The average Bonchev–Trinajstić information content (AvgIpc) is 2.38. The smallest absolute Gasteiger partial charge is 0.308 e. The number of esters is 1. The molecule has 5 heteroatoms. The zero-order valence-corrected chi connectivity index (χ0v) is 10.0. The van der Waals surface area contributed by atoms with E-state index < -0.39 is 18.2 Å². The topological polar surface area (TPSA) is 90.6 Å². The van der Waals surface area contributed by atoms with Crippen LogP contribution in [0, 0.1) is 11.3 Å². The summed E-state index contributed by atoms with van der Waals surface area (Å²) in [7, 11) is 0. The molecule has 0 heterocycles. The van der Waals surface area contributed by atoms with Gasteiger partial charge in [0.1, 0.15) is 6.10 Å². The van der Waals surface area contributed by atoms with Gasteiger partial charge in [0.05, 0.1) is 30.8 Å². The van der Waals surface area contributed by atoms with E-state index in [0.717, 1.165) is 0 Å². The number of ether oxygens (including phenoxy) is 1. The van der Waals surface area contributed by atoms with Gasteiger partial charge in [-0.3, -0.25) is 4.79 Å². The molecular weight excluding hydrogens is 234 g/mol. The van der Waals surface area contributed by atoms with Gasteiger partial charge in [-0.1, -0.05) is 18.2 Å². The van der Waals surface area contributed by atoms with Gasteiger partial charge >= 0.3 is 5.97 Å². The number of carbonyl (C=O) groups is 1. The summed E-state index contributed by atoms with van der Waals surface area (Å²) in [6.07, 6.45) is -2.89. The zero-order chi connectivity index (χ0) is 13.5. The largest absolute Gasteiger partial charge is 0.466 e. The predicted octanol–water partition coefficient (Wildman–Crippen LogP) is 0.906. The highest BCUT2D eigenvalue weighted by Gasteiger charge is 2.23. The fourth-order valence-electron chi connectivity index (χ4n) is 1.57. The van der Waals surface area contributed by atoms with Crippen molar-refractivity contribution in [2.75, 3.05) is 6.61 Å². The number of nitrogens with zero attached hydrogens (tertiary/aromatic N) is 1. The summed E-state index contributed by atoms with van der Waals surface area (Å²) in [6, 6.07) is 8.31. The van der Waals surface area contributed by atoms with E-state index in [4.69, 9.17) is 5.26 Å². The van der Waals surface area contributed by atoms with E-state index in [1.807, 2.05) is 6.07 Å². The maximum absolute atomic E-state index is 11.2. The lowest BCUT2D eigenvalue weighted by molar-refractivity contribution is -0.147. The Bertz CT molecular complexity index is 453. The molecular formula is C13H15NO4. The molecule has 0 spiro atoms. The Kier molecular flexibility index (Phi) is 5.31. The molecule has 0 bridgehead atoms. The lowest BCUT2D eigenvalue weighted by Crippen LogP contribution is -2.23. The van der Waals surface area contributed by atoms with Gasteiger partial charge in [0.25, 0.3) is 0 Å². The van der Waals surface area contributed by atoms with E-state index in [1.54, 1.807) is 19.1 Å². The van der Waals surface area contributed by atoms with Crippen LogP contribution in [-0.2, 0) is 9.53 Å². The molecule has 0 aromatic heterocycles. The highest BCUT2D eigenvalue weighted by Crippen LogP contribution is 2.22. The Morgan fingerprint density at radius 2 is 2.11 bits per heavy atom. The lowest BCUT2D eigenvalue weighted by Gasteiger charge is -2.18. The fraction of sp³-hybridized carbons (Fsp3) is 0.385. The summed E-state index contributed by atoms with van der Waals surface area (Å²) in [6.45, 7) is 1.88. The highest BCUT2D eigenvalue weighted by molar-refractivity contribution is 5.70. The quantitative estimate of drug-likeness (QED) is 0.757. The van der Waals surface area contributed by atoms with Gasteiger partial charge in [-0.05, 0) is 13.0 Å². The average molecular weight is 249 g/mol. The van der Waals surface area contributed by atoms with Gasteiger partial charge in [0.15, 0.2) is 0 Å². The van der Waals surface area contributed by atoms with Gasteiger partial charge in [0.2, 0.25) is 0 Å². The summed E-state index contributed by atoms with van der Waals surface area (Å²) in [4.78, 5) is 11.2. The molecule has 0 saturated carbocycles. The van der Waals surface area contributed by atoms with E-state index >= 15 is 0 Å². The minimum absolute atomic E-state index is 0.219. The van der Waals surface area contributed by atoms with Crippen molar-refractivity contribution < 1.29 is 19.7 Å². The van der Waals surface area contributed by atoms with Crippen molar-refractivity contribution in [2.45, 2.75) is 25.6 Å². The van der Waals surface area contributed by atoms with Crippen molar-refractivity contribution in [3.63, 3.8) is 0 Å². The van der Waals surface area contributed by atoms with Gasteiger partial charge < -0.3 is 14.9 Å². The molecule has 1 aromatic carbocycles. The van der Waals surface area contributed by atoms with Crippen LogP contribution in [0.2, 0.25) is 0 Å². The number of nitriles is 1. The number of rotatable bonds is 5. The number of hydrogen-bond donors (Lipinski definition) is 2. The molecule has 0 fully saturated rings. The zero-order valence-electron chi connectivity index (χ0n) is 10.0. The molecule has 0 aliphatic carbocycles. The van der Waals surface area contributed by atoms with Crippen LogP contribution in [0.15, 0.2) is 24.3 Å². The molecule has 2 unspecified atom stereocenters. The van der Waals surface area contributed by atoms with E-state index in [2.05, 4.69) is 4.74 Å². The summed E-state index contributed by atoms with van der Waals surface area (Å²) in [5.74, 6) is -0.585. The number of hydrogen-bond acceptors (Lipinski definition) is 5. The Hall–Kier alpha value is -1.90. The summed E-state index contributed by atoms with van der Waals surface area (Å²) in [5.41, 5.74) is 0.574. The van der Waals surface area contributed by atoms with E-state index in [9.17, 15) is 15.0 Å². The van der Waals surface area contributed by atoms with Crippen molar-refractivity contribution >= 4 is 5.97 Å². The monoisotopic (exact) mass is 249 g/mol. The second-order valence-electron chi connectivity index (χ2n) is 3.72. The molecule has 96 valence electrons. The Labute approximate surface area is 105 Å². The highest BCUT2D eigenvalue weighted by atomic mass is 16.5. The van der Waals surface area contributed by atoms with Crippen LogP contribution in [0.3, 0.4) is 0 Å². The summed E-state index contributed by atoms with van der Waals surface area (Å²) < 4.78 is 4.68. The van der Waals surface area contributed by atoms with Crippen LogP contribution in [0.5, 0.6) is 0 Å². The minimum atomic E-state index is -1.29. The van der Waals surface area contributed by atoms with Gasteiger partial charge in [-0.2, -0.15) is 5.26 Å². The predicted molar refractivity (Wildman–Crippen MR) is 63.4 cm³/mol. The van der Waals surface area contributed by atoms with Crippen molar-refractivity contribution in [1.82, 2.24) is 0 Å². The van der Waals surface area contributed by atoms with Crippen molar-refractivity contribution in [3.8, 4) is 6.07 Å². The van der Waals surface area contributed by atoms with Crippen LogP contribution in [-0.4, -0.2) is 28.9 Å². The van der Waals surface area contributed by atoms with E-state index in [0.29, 0.717) is 5.56 Å². The van der Waals surface area contributed by atoms with Gasteiger partial charge in [-0.25, -0.2) is 0 Å². The molecule has 5 nitrogen and oxygen atoms in total. The normalized spacial score (nSPS) is 13.4. The fourth-order valence-corrected chi connectivity index (χ4v) is 1.57. The SMILES string of the molecule is CCOC(=O)CC(O)C(O)c1ccccc1C#N. The van der Waals surface area contributed by atoms with Gasteiger partial charge in [0, 0.05) is 5.56 Å². The Morgan fingerprint density at radius 1 is 1.44 bits per heavy atom. The number of benzene rings is 1.